The minimum atomic E-state index is -0.679. The highest BCUT2D eigenvalue weighted by Crippen LogP contribution is 2.61. The molecule has 8 heteroatoms. The predicted octanol–water partition coefficient (Wildman–Crippen LogP) is 6.26. The second-order valence-electron chi connectivity index (χ2n) is 11.4. The molecule has 7 nitrogen and oxygen atoms in total. The summed E-state index contributed by atoms with van der Waals surface area (Å²) in [6.07, 6.45) is 0. The molecule has 0 unspecified atom stereocenters. The fourth-order valence-electron chi connectivity index (χ4n) is 6.99. The van der Waals surface area contributed by atoms with Crippen molar-refractivity contribution in [2.24, 2.45) is 11.8 Å². The van der Waals surface area contributed by atoms with Crippen LogP contribution in [-0.4, -0.2) is 30.3 Å². The van der Waals surface area contributed by atoms with Crippen LogP contribution in [0, 0.1) is 25.7 Å². The molecular weight excluding hydrogens is 608 g/mol. The largest absolute Gasteiger partial charge is 0.452 e. The lowest BCUT2D eigenvalue weighted by atomic mass is 9.55. The SMILES string of the molecule is Cc1cc(NC(=O)COC(=O)c2ccc(N3C(=O)[C@H]4C5c6ccccc6C(c6ccccc65)[C@@H]4C3=O)cc2)c(C)cc1Br. The van der Waals surface area contributed by atoms with Crippen LogP contribution in [0.1, 0.15) is 55.6 Å². The first-order chi connectivity index (χ1) is 20.7. The molecule has 43 heavy (non-hydrogen) atoms. The summed E-state index contributed by atoms with van der Waals surface area (Å²) in [4.78, 5) is 54.3. The number of ether oxygens (including phenoxy) is 1. The summed E-state index contributed by atoms with van der Waals surface area (Å²) in [7, 11) is 0. The summed E-state index contributed by atoms with van der Waals surface area (Å²) in [5.74, 6) is -2.92. The van der Waals surface area contributed by atoms with Gasteiger partial charge in [-0.05, 0) is 83.6 Å². The van der Waals surface area contributed by atoms with E-state index in [-0.39, 0.29) is 29.2 Å². The number of anilines is 2. The molecule has 4 aromatic rings. The van der Waals surface area contributed by atoms with E-state index in [2.05, 4.69) is 45.5 Å². The van der Waals surface area contributed by atoms with Gasteiger partial charge in [0.05, 0.1) is 23.1 Å². The molecule has 2 atom stereocenters. The third-order valence-corrected chi connectivity index (χ3v) is 9.78. The number of nitrogens with one attached hydrogen (secondary N) is 1. The Morgan fingerprint density at radius 1 is 0.767 bits per heavy atom. The number of benzene rings is 4. The van der Waals surface area contributed by atoms with Gasteiger partial charge in [0.2, 0.25) is 11.8 Å². The van der Waals surface area contributed by atoms with Gasteiger partial charge >= 0.3 is 5.97 Å². The van der Waals surface area contributed by atoms with Crippen LogP contribution in [0.4, 0.5) is 11.4 Å². The van der Waals surface area contributed by atoms with Crippen molar-refractivity contribution in [1.29, 1.82) is 0 Å². The van der Waals surface area contributed by atoms with Gasteiger partial charge in [0.1, 0.15) is 0 Å². The smallest absolute Gasteiger partial charge is 0.338 e. The van der Waals surface area contributed by atoms with E-state index in [1.807, 2.05) is 50.2 Å². The summed E-state index contributed by atoms with van der Waals surface area (Å²) in [5, 5.41) is 2.77. The first-order valence-electron chi connectivity index (χ1n) is 14.1. The Morgan fingerprint density at radius 2 is 1.28 bits per heavy atom. The molecule has 1 heterocycles. The van der Waals surface area contributed by atoms with Gasteiger partial charge in [0.15, 0.2) is 6.61 Å². The molecule has 0 aromatic heterocycles. The minimum absolute atomic E-state index is 0.186. The molecule has 0 saturated carbocycles. The summed E-state index contributed by atoms with van der Waals surface area (Å²) in [6, 6.07) is 26.2. The maximum Gasteiger partial charge on any atom is 0.338 e. The molecule has 214 valence electrons. The van der Waals surface area contributed by atoms with Crippen LogP contribution in [0.2, 0.25) is 0 Å². The normalized spacial score (nSPS) is 21.2. The van der Waals surface area contributed by atoms with Gasteiger partial charge < -0.3 is 10.1 Å². The second kappa shape index (κ2) is 10.3. The highest BCUT2D eigenvalue weighted by atomic mass is 79.9. The van der Waals surface area contributed by atoms with E-state index in [0.717, 1.165) is 37.9 Å². The first-order valence-corrected chi connectivity index (χ1v) is 14.9. The van der Waals surface area contributed by atoms with Crippen LogP contribution in [0.5, 0.6) is 0 Å². The number of halogens is 1. The van der Waals surface area contributed by atoms with Crippen molar-refractivity contribution < 1.29 is 23.9 Å². The number of aryl methyl sites for hydroxylation is 2. The van der Waals surface area contributed by atoms with E-state index in [0.29, 0.717) is 11.4 Å². The van der Waals surface area contributed by atoms with Crippen LogP contribution in [0.15, 0.2) is 89.4 Å². The molecule has 8 rings (SSSR count). The lowest BCUT2D eigenvalue weighted by molar-refractivity contribution is -0.122. The molecule has 2 bridgehead atoms. The Kier molecular flexibility index (Phi) is 6.54. The van der Waals surface area contributed by atoms with Crippen LogP contribution in [0.25, 0.3) is 0 Å². The van der Waals surface area contributed by atoms with Gasteiger partial charge in [0, 0.05) is 22.0 Å². The fraction of sp³-hybridized carbons (Fsp3) is 0.200. The second-order valence-corrected chi connectivity index (χ2v) is 12.2. The quantitative estimate of drug-likeness (QED) is 0.207. The summed E-state index contributed by atoms with van der Waals surface area (Å²) in [5.41, 5.74) is 7.56. The van der Waals surface area contributed by atoms with Crippen molar-refractivity contribution >= 4 is 51.0 Å². The standard InChI is InChI=1S/C35H27BrN2O5/c1-18-16-27(19(2)15-26(18)36)37-28(39)17-43-35(42)20-11-13-21(14-12-20)38-33(40)31-29-22-7-3-4-8-23(22)30(32(31)34(38)41)25-10-6-5-9-24(25)29/h3-16,29-32H,17H2,1-2H3,(H,37,39)/t29?,30?,31-,32-/m0/s1. The summed E-state index contributed by atoms with van der Waals surface area (Å²) < 4.78 is 6.18. The molecule has 4 aromatic carbocycles. The molecule has 3 aliphatic carbocycles. The van der Waals surface area contributed by atoms with E-state index in [4.69, 9.17) is 4.74 Å². The number of imide groups is 1. The summed E-state index contributed by atoms with van der Waals surface area (Å²) >= 11 is 3.47. The molecular formula is C35H27BrN2O5. The van der Waals surface area contributed by atoms with Gasteiger partial charge in [-0.1, -0.05) is 64.5 Å². The Bertz CT molecular complexity index is 1730. The van der Waals surface area contributed by atoms with Crippen molar-refractivity contribution in [1.82, 2.24) is 0 Å². The van der Waals surface area contributed by atoms with Crippen molar-refractivity contribution in [3.63, 3.8) is 0 Å². The molecule has 4 aliphatic rings. The number of nitrogens with zero attached hydrogens (tertiary/aromatic N) is 1. The van der Waals surface area contributed by atoms with E-state index in [1.54, 1.807) is 12.1 Å². The lowest BCUT2D eigenvalue weighted by Crippen LogP contribution is -2.41. The van der Waals surface area contributed by atoms with E-state index in [1.165, 1.54) is 17.0 Å². The zero-order chi connectivity index (χ0) is 30.0. The van der Waals surface area contributed by atoms with Crippen molar-refractivity contribution in [3.05, 3.63) is 128 Å². The Hall–Kier alpha value is -4.56. The molecule has 1 saturated heterocycles. The fourth-order valence-corrected chi connectivity index (χ4v) is 7.45. The number of amides is 3. The highest BCUT2D eigenvalue weighted by Gasteiger charge is 2.61. The Morgan fingerprint density at radius 3 is 1.79 bits per heavy atom. The average molecular weight is 636 g/mol. The molecule has 1 fully saturated rings. The van der Waals surface area contributed by atoms with Gasteiger partial charge in [-0.25, -0.2) is 9.69 Å². The number of hydrogen-bond donors (Lipinski definition) is 1. The Balaban J connectivity index is 1.08. The monoisotopic (exact) mass is 634 g/mol. The Labute approximate surface area is 257 Å². The maximum absolute atomic E-state index is 13.9. The van der Waals surface area contributed by atoms with E-state index in [9.17, 15) is 19.2 Å². The van der Waals surface area contributed by atoms with Gasteiger partial charge in [-0.2, -0.15) is 0 Å². The molecule has 1 N–H and O–H groups in total. The average Bonchev–Trinajstić information content (AvgIpc) is 3.28. The number of carbonyl (C=O) groups excluding carboxylic acids is 4. The van der Waals surface area contributed by atoms with Crippen LogP contribution < -0.4 is 10.2 Å². The molecule has 0 radical (unpaired) electrons. The predicted molar refractivity (Wildman–Crippen MR) is 165 cm³/mol. The molecule has 0 spiro atoms. The third kappa shape index (κ3) is 4.31. The van der Waals surface area contributed by atoms with E-state index < -0.39 is 30.3 Å². The maximum atomic E-state index is 13.9. The molecule has 1 aliphatic heterocycles. The van der Waals surface area contributed by atoms with Crippen molar-refractivity contribution in [2.45, 2.75) is 25.7 Å². The number of rotatable bonds is 5. The van der Waals surface area contributed by atoms with Crippen LogP contribution in [-0.2, 0) is 19.1 Å². The third-order valence-electron chi connectivity index (χ3n) is 8.92. The van der Waals surface area contributed by atoms with Crippen LogP contribution in [0.3, 0.4) is 0 Å². The van der Waals surface area contributed by atoms with Gasteiger partial charge in [-0.15, -0.1) is 0 Å². The van der Waals surface area contributed by atoms with Gasteiger partial charge in [0.25, 0.3) is 5.91 Å². The lowest BCUT2D eigenvalue weighted by Gasteiger charge is -2.45. The number of esters is 1. The summed E-state index contributed by atoms with van der Waals surface area (Å²) in [6.45, 7) is 3.34. The topological polar surface area (TPSA) is 92.8 Å². The van der Waals surface area contributed by atoms with Crippen molar-refractivity contribution in [3.8, 4) is 0 Å². The van der Waals surface area contributed by atoms with E-state index >= 15 is 0 Å². The zero-order valence-electron chi connectivity index (χ0n) is 23.5. The zero-order valence-corrected chi connectivity index (χ0v) is 25.1. The number of carbonyl (C=O) groups is 4. The van der Waals surface area contributed by atoms with Crippen LogP contribution >= 0.6 is 15.9 Å². The van der Waals surface area contributed by atoms with Gasteiger partial charge in [-0.3, -0.25) is 14.4 Å². The highest BCUT2D eigenvalue weighted by molar-refractivity contribution is 9.10. The minimum Gasteiger partial charge on any atom is -0.452 e. The molecule has 3 amide bonds. The first kappa shape index (κ1) is 27.3. The number of hydrogen-bond acceptors (Lipinski definition) is 5. The van der Waals surface area contributed by atoms with Crippen molar-refractivity contribution in [2.75, 3.05) is 16.8 Å².